The molecule has 1 atom stereocenters. The maximum absolute atomic E-state index is 2.81. The summed E-state index contributed by atoms with van der Waals surface area (Å²) in [5.74, 6) is 0. The smallest absolute Gasteiger partial charge is 0.119 e. The topological polar surface area (TPSA) is 0 Å². The van der Waals surface area contributed by atoms with Crippen molar-refractivity contribution in [1.29, 1.82) is 0 Å². The highest BCUT2D eigenvalue weighted by molar-refractivity contribution is 14.1. The molecule has 0 bridgehead atoms. The summed E-state index contributed by atoms with van der Waals surface area (Å²) in [7, 11) is 0. The standard InChI is InChI=1S/C13H29ISi/c1-4-6-8-9-10-11-13-15(3,14)12-7-5-2/h4-13H2,1-3H3. The molecule has 0 fully saturated rings. The minimum absolute atomic E-state index is 0.823. The molecule has 0 N–H and O–H groups in total. The van der Waals surface area contributed by atoms with E-state index in [9.17, 15) is 0 Å². The molecule has 0 aromatic rings. The van der Waals surface area contributed by atoms with Crippen LogP contribution in [-0.4, -0.2) is 5.57 Å². The predicted molar refractivity (Wildman–Crippen MR) is 83.5 cm³/mol. The molecule has 92 valence electrons. The number of halogens is 1. The van der Waals surface area contributed by atoms with Gasteiger partial charge in [0.2, 0.25) is 0 Å². The van der Waals surface area contributed by atoms with E-state index in [2.05, 4.69) is 42.2 Å². The zero-order chi connectivity index (χ0) is 11.6. The van der Waals surface area contributed by atoms with Crippen LogP contribution in [0.25, 0.3) is 0 Å². The van der Waals surface area contributed by atoms with Crippen LogP contribution in [0.15, 0.2) is 0 Å². The van der Waals surface area contributed by atoms with Gasteiger partial charge in [0.05, 0.1) is 0 Å². The lowest BCUT2D eigenvalue weighted by Gasteiger charge is -2.19. The molecule has 0 nitrogen and oxygen atoms in total. The van der Waals surface area contributed by atoms with Crippen molar-refractivity contribution in [3.8, 4) is 0 Å². The fourth-order valence-corrected chi connectivity index (χ4v) is 6.56. The molecular formula is C13H29ISi. The van der Waals surface area contributed by atoms with E-state index >= 15 is 0 Å². The zero-order valence-electron chi connectivity index (χ0n) is 10.9. The van der Waals surface area contributed by atoms with Crippen molar-refractivity contribution in [2.75, 3.05) is 0 Å². The van der Waals surface area contributed by atoms with Gasteiger partial charge in [-0.25, -0.2) is 0 Å². The highest BCUT2D eigenvalue weighted by Gasteiger charge is 2.21. The molecule has 0 aromatic heterocycles. The van der Waals surface area contributed by atoms with Crippen LogP contribution in [-0.2, 0) is 0 Å². The number of unbranched alkanes of at least 4 members (excludes halogenated alkanes) is 6. The third-order valence-corrected chi connectivity index (χ3v) is 9.13. The van der Waals surface area contributed by atoms with E-state index in [1.54, 1.807) is 12.1 Å². The fraction of sp³-hybridized carbons (Fsp3) is 1.00. The van der Waals surface area contributed by atoms with Crippen LogP contribution in [0, 0.1) is 0 Å². The van der Waals surface area contributed by atoms with Crippen molar-refractivity contribution >= 4 is 27.4 Å². The highest BCUT2D eigenvalue weighted by Crippen LogP contribution is 2.28. The monoisotopic (exact) mass is 340 g/mol. The highest BCUT2D eigenvalue weighted by atomic mass is 127. The normalized spacial score (nSPS) is 15.2. The van der Waals surface area contributed by atoms with Gasteiger partial charge >= 0.3 is 0 Å². The van der Waals surface area contributed by atoms with E-state index in [4.69, 9.17) is 0 Å². The van der Waals surface area contributed by atoms with Crippen molar-refractivity contribution < 1.29 is 0 Å². The summed E-state index contributed by atoms with van der Waals surface area (Å²) in [6.07, 6.45) is 11.6. The molecule has 0 radical (unpaired) electrons. The average Bonchev–Trinajstić information content (AvgIpc) is 2.20. The Balaban J connectivity index is 3.32. The summed E-state index contributed by atoms with van der Waals surface area (Å²) < 4.78 is 0. The first-order valence-electron chi connectivity index (χ1n) is 6.81. The maximum atomic E-state index is 2.81. The van der Waals surface area contributed by atoms with Crippen LogP contribution in [0.1, 0.15) is 65.2 Å². The Kier molecular flexibility index (Phi) is 10.8. The first kappa shape index (κ1) is 15.9. The molecule has 0 aromatic carbocycles. The third-order valence-electron chi connectivity index (χ3n) is 3.10. The Labute approximate surface area is 111 Å². The molecule has 0 saturated heterocycles. The Morgan fingerprint density at radius 2 is 1.20 bits per heavy atom. The SMILES string of the molecule is CCCCCCCC[Si](C)(I)CCCC. The van der Waals surface area contributed by atoms with E-state index < -0.39 is 5.57 Å². The molecule has 1 unspecified atom stereocenters. The maximum Gasteiger partial charge on any atom is 0.122 e. The van der Waals surface area contributed by atoms with Crippen LogP contribution in [0.5, 0.6) is 0 Å². The Hall–Kier alpha value is 0.947. The summed E-state index contributed by atoms with van der Waals surface area (Å²) >= 11 is 2.81. The number of hydrogen-bond acceptors (Lipinski definition) is 0. The van der Waals surface area contributed by atoms with Gasteiger partial charge in [0.15, 0.2) is 0 Å². The molecule has 15 heavy (non-hydrogen) atoms. The Morgan fingerprint density at radius 1 is 0.733 bits per heavy atom. The van der Waals surface area contributed by atoms with Gasteiger partial charge in [-0.15, -0.1) is 21.8 Å². The molecule has 0 heterocycles. The molecule has 0 aliphatic heterocycles. The largest absolute Gasteiger partial charge is 0.122 e. The minimum Gasteiger partial charge on any atom is -0.119 e. The summed E-state index contributed by atoms with van der Waals surface area (Å²) in [6, 6.07) is 3.10. The van der Waals surface area contributed by atoms with Crippen molar-refractivity contribution in [3.63, 3.8) is 0 Å². The lowest BCUT2D eigenvalue weighted by Crippen LogP contribution is -2.20. The van der Waals surface area contributed by atoms with E-state index in [1.807, 2.05) is 0 Å². The van der Waals surface area contributed by atoms with Crippen molar-refractivity contribution in [2.45, 2.75) is 83.8 Å². The molecule has 2 heteroatoms. The van der Waals surface area contributed by atoms with Crippen LogP contribution in [0.4, 0.5) is 0 Å². The molecule has 0 spiro atoms. The van der Waals surface area contributed by atoms with Crippen molar-refractivity contribution in [1.82, 2.24) is 0 Å². The first-order valence-corrected chi connectivity index (χ1v) is 12.8. The van der Waals surface area contributed by atoms with Crippen LogP contribution < -0.4 is 0 Å². The van der Waals surface area contributed by atoms with E-state index in [1.165, 1.54) is 51.4 Å². The van der Waals surface area contributed by atoms with Gasteiger partial charge in [-0.3, -0.25) is 0 Å². The summed E-state index contributed by atoms with van der Waals surface area (Å²) in [5.41, 5.74) is -0.823. The molecule has 0 amide bonds. The van der Waals surface area contributed by atoms with Crippen molar-refractivity contribution in [3.05, 3.63) is 0 Å². The average molecular weight is 340 g/mol. The quantitative estimate of drug-likeness (QED) is 0.193. The lowest BCUT2D eigenvalue weighted by molar-refractivity contribution is 0.622. The predicted octanol–water partition coefficient (Wildman–Crippen LogP) is 6.16. The molecule has 0 aliphatic carbocycles. The van der Waals surface area contributed by atoms with Crippen LogP contribution in [0.2, 0.25) is 18.6 Å². The fourth-order valence-electron chi connectivity index (χ4n) is 1.94. The second kappa shape index (κ2) is 10.1. The van der Waals surface area contributed by atoms with Crippen LogP contribution >= 0.6 is 21.8 Å². The number of rotatable bonds is 10. The van der Waals surface area contributed by atoms with E-state index in [0.29, 0.717) is 0 Å². The number of hydrogen-bond donors (Lipinski definition) is 0. The van der Waals surface area contributed by atoms with E-state index in [-0.39, 0.29) is 0 Å². The van der Waals surface area contributed by atoms with Gasteiger partial charge in [0.1, 0.15) is 5.57 Å². The second-order valence-electron chi connectivity index (χ2n) is 5.03. The molecule has 0 aliphatic rings. The van der Waals surface area contributed by atoms with Gasteiger partial charge in [-0.1, -0.05) is 71.8 Å². The lowest BCUT2D eigenvalue weighted by atomic mass is 10.1. The minimum atomic E-state index is -0.823. The molecular weight excluding hydrogens is 311 g/mol. The molecule has 0 rings (SSSR count). The summed E-state index contributed by atoms with van der Waals surface area (Å²) in [6.45, 7) is 7.17. The Morgan fingerprint density at radius 3 is 1.80 bits per heavy atom. The van der Waals surface area contributed by atoms with Crippen molar-refractivity contribution in [2.24, 2.45) is 0 Å². The second-order valence-corrected chi connectivity index (χ2v) is 16.7. The van der Waals surface area contributed by atoms with Gasteiger partial charge in [-0.05, 0) is 12.1 Å². The van der Waals surface area contributed by atoms with Gasteiger partial charge in [0.25, 0.3) is 0 Å². The van der Waals surface area contributed by atoms with E-state index in [0.717, 1.165) is 0 Å². The van der Waals surface area contributed by atoms with Gasteiger partial charge in [0, 0.05) is 0 Å². The first-order chi connectivity index (χ1) is 7.12. The Bertz CT molecular complexity index is 134. The molecule has 0 saturated carbocycles. The van der Waals surface area contributed by atoms with Crippen LogP contribution in [0.3, 0.4) is 0 Å². The zero-order valence-corrected chi connectivity index (χ0v) is 14.1. The third kappa shape index (κ3) is 11.2. The van der Waals surface area contributed by atoms with Gasteiger partial charge < -0.3 is 0 Å². The summed E-state index contributed by atoms with van der Waals surface area (Å²) in [4.78, 5) is 0. The van der Waals surface area contributed by atoms with Gasteiger partial charge in [-0.2, -0.15) is 0 Å². The summed E-state index contributed by atoms with van der Waals surface area (Å²) in [5, 5.41) is 0.